The Morgan fingerprint density at radius 2 is 1.77 bits per heavy atom. The number of hydrogen-bond acceptors (Lipinski definition) is 2. The Labute approximate surface area is 134 Å². The Kier molecular flexibility index (Phi) is 4.49. The molecule has 0 aliphatic carbocycles. The number of benzene rings is 2. The summed E-state index contributed by atoms with van der Waals surface area (Å²) >= 11 is 0. The van der Waals surface area contributed by atoms with Crippen molar-refractivity contribution in [2.45, 2.75) is 32.7 Å². The molecule has 2 N–H and O–H groups in total. The van der Waals surface area contributed by atoms with Gasteiger partial charge in [-0.2, -0.15) is 0 Å². The Morgan fingerprint density at radius 1 is 1.00 bits per heavy atom. The molecule has 2 nitrogen and oxygen atoms in total. The van der Waals surface area contributed by atoms with E-state index >= 15 is 0 Å². The molecule has 2 heteroatoms. The molecule has 0 amide bonds. The molecule has 0 aromatic heterocycles. The third kappa shape index (κ3) is 3.69. The van der Waals surface area contributed by atoms with Gasteiger partial charge in [-0.25, -0.2) is 0 Å². The Morgan fingerprint density at radius 3 is 2.50 bits per heavy atom. The van der Waals surface area contributed by atoms with Crippen LogP contribution in [0.2, 0.25) is 0 Å². The summed E-state index contributed by atoms with van der Waals surface area (Å²) in [6.07, 6.45) is 2.24. The lowest BCUT2D eigenvalue weighted by molar-refractivity contribution is 0.374. The second-order valence-electron chi connectivity index (χ2n) is 6.80. The van der Waals surface area contributed by atoms with Crippen molar-refractivity contribution in [2.75, 3.05) is 18.0 Å². The third-order valence-electron chi connectivity index (χ3n) is 4.58. The Balaban J connectivity index is 1.72. The molecule has 0 bridgehead atoms. The van der Waals surface area contributed by atoms with E-state index < -0.39 is 0 Å². The van der Waals surface area contributed by atoms with Gasteiger partial charge in [-0.15, -0.1) is 0 Å². The number of aryl methyl sites for hydroxylation is 2. The first-order valence-corrected chi connectivity index (χ1v) is 8.23. The molecule has 1 saturated heterocycles. The summed E-state index contributed by atoms with van der Waals surface area (Å²) in [7, 11) is 0. The first-order chi connectivity index (χ1) is 10.6. The van der Waals surface area contributed by atoms with Gasteiger partial charge >= 0.3 is 0 Å². The van der Waals surface area contributed by atoms with E-state index in [4.69, 9.17) is 5.73 Å². The summed E-state index contributed by atoms with van der Waals surface area (Å²) < 4.78 is 0. The van der Waals surface area contributed by atoms with Gasteiger partial charge in [-0.05, 0) is 55.9 Å². The van der Waals surface area contributed by atoms with Crippen LogP contribution in [0.1, 0.15) is 23.1 Å². The zero-order valence-corrected chi connectivity index (χ0v) is 13.6. The molecule has 2 unspecified atom stereocenters. The van der Waals surface area contributed by atoms with Crippen LogP contribution in [0, 0.1) is 19.8 Å². The first-order valence-electron chi connectivity index (χ1n) is 8.23. The van der Waals surface area contributed by atoms with Gasteiger partial charge in [0.05, 0.1) is 0 Å². The van der Waals surface area contributed by atoms with Crippen molar-refractivity contribution < 1.29 is 0 Å². The highest BCUT2D eigenvalue weighted by Gasteiger charge is 2.25. The van der Waals surface area contributed by atoms with Crippen molar-refractivity contribution in [1.82, 2.24) is 0 Å². The molecule has 1 fully saturated rings. The van der Waals surface area contributed by atoms with E-state index in [2.05, 4.69) is 67.3 Å². The van der Waals surface area contributed by atoms with E-state index in [0.717, 1.165) is 25.9 Å². The Hall–Kier alpha value is -1.80. The van der Waals surface area contributed by atoms with Gasteiger partial charge in [0, 0.05) is 24.8 Å². The third-order valence-corrected chi connectivity index (χ3v) is 4.58. The van der Waals surface area contributed by atoms with Crippen LogP contribution in [-0.2, 0) is 6.42 Å². The molecular formula is C20H26N2. The van der Waals surface area contributed by atoms with Crippen molar-refractivity contribution in [3.05, 3.63) is 65.2 Å². The first kappa shape index (κ1) is 15.1. The van der Waals surface area contributed by atoms with Gasteiger partial charge in [0.15, 0.2) is 0 Å². The molecule has 1 heterocycles. The zero-order chi connectivity index (χ0) is 15.5. The fourth-order valence-electron chi connectivity index (χ4n) is 3.49. The molecule has 22 heavy (non-hydrogen) atoms. The summed E-state index contributed by atoms with van der Waals surface area (Å²) in [6.45, 7) is 6.36. The molecule has 0 radical (unpaired) electrons. The minimum Gasteiger partial charge on any atom is -0.370 e. The summed E-state index contributed by atoms with van der Waals surface area (Å²) in [6, 6.07) is 17.9. The summed E-state index contributed by atoms with van der Waals surface area (Å²) in [5.74, 6) is 0.631. The van der Waals surface area contributed by atoms with Crippen molar-refractivity contribution in [2.24, 2.45) is 11.7 Å². The van der Waals surface area contributed by atoms with Crippen LogP contribution in [0.4, 0.5) is 5.69 Å². The van der Waals surface area contributed by atoms with Crippen LogP contribution in [0.15, 0.2) is 48.5 Å². The minimum atomic E-state index is 0.268. The van der Waals surface area contributed by atoms with E-state index in [9.17, 15) is 0 Å². The highest BCUT2D eigenvalue weighted by atomic mass is 15.2. The minimum absolute atomic E-state index is 0.268. The molecule has 3 rings (SSSR count). The second-order valence-corrected chi connectivity index (χ2v) is 6.80. The molecule has 116 valence electrons. The van der Waals surface area contributed by atoms with E-state index in [0.29, 0.717) is 5.92 Å². The zero-order valence-electron chi connectivity index (χ0n) is 13.6. The molecule has 2 aromatic rings. The predicted octanol–water partition coefficient (Wildman–Crippen LogP) is 3.70. The quantitative estimate of drug-likeness (QED) is 0.935. The normalized spacial score (nSPS) is 21.9. The van der Waals surface area contributed by atoms with Crippen molar-refractivity contribution in [3.8, 4) is 0 Å². The highest BCUT2D eigenvalue weighted by molar-refractivity contribution is 5.49. The Bertz CT molecular complexity index is 618. The van der Waals surface area contributed by atoms with Gasteiger partial charge in [0.1, 0.15) is 0 Å². The van der Waals surface area contributed by atoms with Crippen LogP contribution < -0.4 is 10.6 Å². The lowest BCUT2D eigenvalue weighted by Gasteiger charge is -2.38. The molecule has 1 aliphatic rings. The van der Waals surface area contributed by atoms with Crippen LogP contribution in [-0.4, -0.2) is 19.1 Å². The van der Waals surface area contributed by atoms with Crippen LogP contribution >= 0.6 is 0 Å². The fraction of sp³-hybridized carbons (Fsp3) is 0.400. The summed E-state index contributed by atoms with van der Waals surface area (Å²) in [5, 5.41) is 0. The maximum absolute atomic E-state index is 6.33. The standard InChI is InChI=1S/C20H26N2/c1-15-6-8-17(9-7-15)11-18-12-19(21)14-22(13-18)20-5-3-4-16(2)10-20/h3-10,18-19H,11-14,21H2,1-2H3. The molecule has 0 saturated carbocycles. The van der Waals surface area contributed by atoms with E-state index in [1.54, 1.807) is 0 Å². The van der Waals surface area contributed by atoms with Crippen LogP contribution in [0.5, 0.6) is 0 Å². The number of piperidine rings is 1. The number of hydrogen-bond donors (Lipinski definition) is 1. The second kappa shape index (κ2) is 6.53. The smallest absolute Gasteiger partial charge is 0.0369 e. The molecule has 2 aromatic carbocycles. The van der Waals surface area contributed by atoms with Gasteiger partial charge in [-0.3, -0.25) is 0 Å². The lowest BCUT2D eigenvalue weighted by Crippen LogP contribution is -2.47. The molecule has 0 spiro atoms. The van der Waals surface area contributed by atoms with Crippen LogP contribution in [0.25, 0.3) is 0 Å². The summed E-state index contributed by atoms with van der Waals surface area (Å²) in [5.41, 5.74) is 11.7. The van der Waals surface area contributed by atoms with Gasteiger partial charge in [0.25, 0.3) is 0 Å². The number of nitrogens with zero attached hydrogens (tertiary/aromatic N) is 1. The maximum atomic E-state index is 6.33. The van der Waals surface area contributed by atoms with E-state index in [1.165, 1.54) is 22.4 Å². The van der Waals surface area contributed by atoms with Gasteiger partial charge < -0.3 is 10.6 Å². The number of anilines is 1. The molecular weight excluding hydrogens is 268 g/mol. The van der Waals surface area contributed by atoms with E-state index in [1.807, 2.05) is 0 Å². The summed E-state index contributed by atoms with van der Waals surface area (Å²) in [4.78, 5) is 2.46. The average Bonchev–Trinajstić information content (AvgIpc) is 2.49. The SMILES string of the molecule is Cc1ccc(CC2CC(N)CN(c3cccc(C)c3)C2)cc1. The molecule has 2 atom stereocenters. The highest BCUT2D eigenvalue weighted by Crippen LogP contribution is 2.25. The van der Waals surface area contributed by atoms with Crippen molar-refractivity contribution in [1.29, 1.82) is 0 Å². The van der Waals surface area contributed by atoms with Crippen LogP contribution in [0.3, 0.4) is 0 Å². The van der Waals surface area contributed by atoms with Crippen molar-refractivity contribution in [3.63, 3.8) is 0 Å². The number of nitrogens with two attached hydrogens (primary N) is 1. The largest absolute Gasteiger partial charge is 0.370 e. The average molecular weight is 294 g/mol. The lowest BCUT2D eigenvalue weighted by atomic mass is 9.88. The molecule has 1 aliphatic heterocycles. The topological polar surface area (TPSA) is 29.3 Å². The monoisotopic (exact) mass is 294 g/mol. The predicted molar refractivity (Wildman–Crippen MR) is 94.4 cm³/mol. The number of rotatable bonds is 3. The fourth-order valence-corrected chi connectivity index (χ4v) is 3.49. The maximum Gasteiger partial charge on any atom is 0.0369 e. The van der Waals surface area contributed by atoms with E-state index in [-0.39, 0.29) is 6.04 Å². The van der Waals surface area contributed by atoms with Gasteiger partial charge in [0.2, 0.25) is 0 Å². The van der Waals surface area contributed by atoms with Gasteiger partial charge in [-0.1, -0.05) is 42.0 Å². The van der Waals surface area contributed by atoms with Crippen molar-refractivity contribution >= 4 is 5.69 Å².